The van der Waals surface area contributed by atoms with Crippen LogP contribution in [-0.2, 0) is 0 Å². The molecule has 0 amide bonds. The lowest BCUT2D eigenvalue weighted by Gasteiger charge is -2.31. The first-order valence-corrected chi connectivity index (χ1v) is 6.74. The van der Waals surface area contributed by atoms with Gasteiger partial charge in [0.15, 0.2) is 0 Å². The van der Waals surface area contributed by atoms with Gasteiger partial charge in [-0.3, -0.25) is 0 Å². The van der Waals surface area contributed by atoms with Crippen molar-refractivity contribution < 1.29 is 4.92 Å². The van der Waals surface area contributed by atoms with E-state index in [0.717, 1.165) is 32.1 Å². The third kappa shape index (κ3) is 2.92. The SMILES string of the molecule is CCCC1CCC(C#N)C(n2ccc([N+](=O)[O-])n2)C1. The molecule has 0 aromatic carbocycles. The molecule has 1 heterocycles. The zero-order chi connectivity index (χ0) is 13.8. The Balaban J connectivity index is 2.17. The summed E-state index contributed by atoms with van der Waals surface area (Å²) >= 11 is 0. The van der Waals surface area contributed by atoms with Crippen molar-refractivity contribution in [2.45, 2.75) is 45.1 Å². The normalized spacial score (nSPS) is 26.8. The molecule has 1 aliphatic carbocycles. The maximum atomic E-state index is 10.7. The van der Waals surface area contributed by atoms with E-state index in [4.69, 9.17) is 0 Å². The van der Waals surface area contributed by atoms with Gasteiger partial charge < -0.3 is 10.1 Å². The summed E-state index contributed by atoms with van der Waals surface area (Å²) in [4.78, 5) is 10.2. The zero-order valence-corrected chi connectivity index (χ0v) is 11.0. The highest BCUT2D eigenvalue weighted by Crippen LogP contribution is 2.38. The number of rotatable bonds is 4. The minimum absolute atomic E-state index is 0.0241. The van der Waals surface area contributed by atoms with Crippen LogP contribution in [0.4, 0.5) is 5.82 Å². The molecule has 19 heavy (non-hydrogen) atoms. The van der Waals surface area contributed by atoms with Crippen LogP contribution in [0.25, 0.3) is 0 Å². The number of aromatic nitrogens is 2. The van der Waals surface area contributed by atoms with Crippen LogP contribution in [0.5, 0.6) is 0 Å². The first-order valence-electron chi connectivity index (χ1n) is 6.74. The zero-order valence-electron chi connectivity index (χ0n) is 11.0. The van der Waals surface area contributed by atoms with Gasteiger partial charge in [-0.25, -0.2) is 0 Å². The van der Waals surface area contributed by atoms with E-state index < -0.39 is 4.92 Å². The van der Waals surface area contributed by atoms with Gasteiger partial charge in [-0.2, -0.15) is 9.94 Å². The lowest BCUT2D eigenvalue weighted by Crippen LogP contribution is -2.27. The molecule has 6 nitrogen and oxygen atoms in total. The van der Waals surface area contributed by atoms with Crippen LogP contribution in [0.15, 0.2) is 12.3 Å². The average molecular weight is 262 g/mol. The molecule has 2 rings (SSSR count). The molecule has 1 aliphatic rings. The summed E-state index contributed by atoms with van der Waals surface area (Å²) in [6.07, 6.45) is 6.74. The van der Waals surface area contributed by atoms with E-state index in [-0.39, 0.29) is 17.8 Å². The summed E-state index contributed by atoms with van der Waals surface area (Å²) in [5.74, 6) is 0.366. The lowest BCUT2D eigenvalue weighted by molar-refractivity contribution is -0.389. The Morgan fingerprint density at radius 1 is 1.63 bits per heavy atom. The molecule has 0 N–H and O–H groups in total. The number of hydrogen-bond donors (Lipinski definition) is 0. The van der Waals surface area contributed by atoms with Crippen LogP contribution >= 0.6 is 0 Å². The van der Waals surface area contributed by atoms with E-state index in [0.29, 0.717) is 5.92 Å². The second-order valence-electron chi connectivity index (χ2n) is 5.18. The summed E-state index contributed by atoms with van der Waals surface area (Å²) in [5.41, 5.74) is 0. The van der Waals surface area contributed by atoms with Gasteiger partial charge >= 0.3 is 5.82 Å². The summed E-state index contributed by atoms with van der Waals surface area (Å²) in [7, 11) is 0. The van der Waals surface area contributed by atoms with Crippen LogP contribution in [0.1, 0.15) is 45.1 Å². The molecule has 0 saturated heterocycles. The molecule has 3 atom stereocenters. The fraction of sp³-hybridized carbons (Fsp3) is 0.692. The highest BCUT2D eigenvalue weighted by molar-refractivity contribution is 5.15. The number of nitrogens with zero attached hydrogens (tertiary/aromatic N) is 4. The van der Waals surface area contributed by atoms with E-state index in [1.807, 2.05) is 0 Å². The van der Waals surface area contributed by atoms with Crippen molar-refractivity contribution in [3.8, 4) is 6.07 Å². The topological polar surface area (TPSA) is 84.8 Å². The quantitative estimate of drug-likeness (QED) is 0.616. The fourth-order valence-electron chi connectivity index (χ4n) is 2.95. The number of nitro groups is 1. The molecular weight excluding hydrogens is 244 g/mol. The largest absolute Gasteiger partial charge is 0.389 e. The molecule has 3 unspecified atom stereocenters. The standard InChI is InChI=1S/C13H18N4O2/c1-2-3-10-4-5-11(9-14)12(8-10)16-7-6-13(15-16)17(18)19/h6-7,10-12H,2-5,8H2,1H3. The Labute approximate surface area is 112 Å². The lowest BCUT2D eigenvalue weighted by atomic mass is 9.77. The highest BCUT2D eigenvalue weighted by Gasteiger charge is 2.34. The van der Waals surface area contributed by atoms with E-state index in [2.05, 4.69) is 18.1 Å². The predicted octanol–water partition coefficient (Wildman–Crippen LogP) is 3.07. The van der Waals surface area contributed by atoms with Gasteiger partial charge in [0.1, 0.15) is 0 Å². The molecule has 1 fully saturated rings. The average Bonchev–Trinajstić information content (AvgIpc) is 2.88. The minimum Gasteiger partial charge on any atom is -0.358 e. The third-order valence-corrected chi connectivity index (χ3v) is 3.91. The third-order valence-electron chi connectivity index (χ3n) is 3.91. The fourth-order valence-corrected chi connectivity index (χ4v) is 2.95. The molecular formula is C13H18N4O2. The van der Waals surface area contributed by atoms with E-state index >= 15 is 0 Å². The van der Waals surface area contributed by atoms with E-state index in [1.165, 1.54) is 6.07 Å². The Morgan fingerprint density at radius 3 is 3.00 bits per heavy atom. The smallest absolute Gasteiger partial charge is 0.358 e. The van der Waals surface area contributed by atoms with E-state index in [9.17, 15) is 15.4 Å². The summed E-state index contributed by atoms with van der Waals surface area (Å²) in [6.45, 7) is 2.16. The van der Waals surface area contributed by atoms with Gasteiger partial charge in [0.2, 0.25) is 0 Å². The summed E-state index contributed by atoms with van der Waals surface area (Å²) in [6, 6.07) is 3.70. The second-order valence-corrected chi connectivity index (χ2v) is 5.18. The van der Waals surface area contributed by atoms with Crippen molar-refractivity contribution in [2.24, 2.45) is 11.8 Å². The maximum Gasteiger partial charge on any atom is 0.389 e. The van der Waals surface area contributed by atoms with E-state index in [1.54, 1.807) is 10.9 Å². The van der Waals surface area contributed by atoms with Crippen molar-refractivity contribution in [3.63, 3.8) is 0 Å². The Morgan fingerprint density at radius 2 is 2.42 bits per heavy atom. The predicted molar refractivity (Wildman–Crippen MR) is 69.3 cm³/mol. The van der Waals surface area contributed by atoms with Crippen molar-refractivity contribution in [2.75, 3.05) is 0 Å². The van der Waals surface area contributed by atoms with Crippen molar-refractivity contribution in [3.05, 3.63) is 22.4 Å². The van der Waals surface area contributed by atoms with Gasteiger partial charge in [0.05, 0.1) is 35.4 Å². The Kier molecular flexibility index (Phi) is 4.15. The van der Waals surface area contributed by atoms with Gasteiger partial charge in [0.25, 0.3) is 0 Å². The van der Waals surface area contributed by atoms with Crippen molar-refractivity contribution in [1.82, 2.24) is 9.78 Å². The molecule has 0 bridgehead atoms. The second kappa shape index (κ2) is 5.83. The molecule has 0 aliphatic heterocycles. The van der Waals surface area contributed by atoms with Crippen LogP contribution < -0.4 is 0 Å². The summed E-state index contributed by atoms with van der Waals surface area (Å²) < 4.78 is 1.62. The van der Waals surface area contributed by atoms with Gasteiger partial charge in [-0.05, 0) is 30.1 Å². The van der Waals surface area contributed by atoms with Crippen LogP contribution in [0.3, 0.4) is 0 Å². The molecule has 1 saturated carbocycles. The Hall–Kier alpha value is -1.90. The molecule has 0 spiro atoms. The van der Waals surface area contributed by atoms with Gasteiger partial charge in [0, 0.05) is 0 Å². The molecule has 0 radical (unpaired) electrons. The number of nitriles is 1. The van der Waals surface area contributed by atoms with Gasteiger partial charge in [-0.1, -0.05) is 19.8 Å². The van der Waals surface area contributed by atoms with Crippen molar-refractivity contribution in [1.29, 1.82) is 5.26 Å². The molecule has 1 aromatic heterocycles. The van der Waals surface area contributed by atoms with Crippen LogP contribution in [0.2, 0.25) is 0 Å². The van der Waals surface area contributed by atoms with Crippen molar-refractivity contribution >= 4 is 5.82 Å². The first kappa shape index (κ1) is 13.5. The van der Waals surface area contributed by atoms with Crippen LogP contribution in [0, 0.1) is 33.3 Å². The first-order chi connectivity index (χ1) is 9.15. The number of hydrogen-bond acceptors (Lipinski definition) is 4. The summed E-state index contributed by atoms with van der Waals surface area (Å²) in [5, 5.41) is 23.9. The highest BCUT2D eigenvalue weighted by atomic mass is 16.6. The molecule has 6 heteroatoms. The Bertz CT molecular complexity index is 491. The molecule has 102 valence electrons. The van der Waals surface area contributed by atoms with Gasteiger partial charge in [-0.15, -0.1) is 0 Å². The maximum absolute atomic E-state index is 10.7. The molecule has 1 aromatic rings. The monoisotopic (exact) mass is 262 g/mol. The minimum atomic E-state index is -0.496. The van der Waals surface area contributed by atoms with Crippen LogP contribution in [-0.4, -0.2) is 14.7 Å².